The van der Waals surface area contributed by atoms with Crippen molar-refractivity contribution in [3.05, 3.63) is 63.6 Å². The van der Waals surface area contributed by atoms with Crippen LogP contribution in [0.2, 0.25) is 0 Å². The highest BCUT2D eigenvalue weighted by Gasteiger charge is 2.08. The third-order valence-electron chi connectivity index (χ3n) is 2.82. The first-order valence-corrected chi connectivity index (χ1v) is 6.93. The molecule has 20 heavy (non-hydrogen) atoms. The molecular formula is C16H13BrN2O. The number of nitrogens with zero attached hydrogens (tertiary/aromatic N) is 1. The minimum atomic E-state index is -0.130. The number of halogens is 1. The standard InChI is InChI=1S/C16H13BrN2O/c1-11-3-2-4-12(7-11)8-16(20)19-15-6-5-14(17)9-13(15)10-18/h2-7,9H,8H2,1H3,(H,19,20). The predicted octanol–water partition coefficient (Wildman–Crippen LogP) is 3.81. The molecule has 0 aliphatic carbocycles. The number of nitriles is 1. The zero-order valence-corrected chi connectivity index (χ0v) is 12.6. The van der Waals surface area contributed by atoms with Crippen LogP contribution in [0.1, 0.15) is 16.7 Å². The zero-order chi connectivity index (χ0) is 14.5. The molecule has 0 unspecified atom stereocenters. The molecule has 100 valence electrons. The monoisotopic (exact) mass is 328 g/mol. The van der Waals surface area contributed by atoms with Crippen molar-refractivity contribution in [2.45, 2.75) is 13.3 Å². The molecule has 0 radical (unpaired) electrons. The van der Waals surface area contributed by atoms with Crippen LogP contribution in [0.3, 0.4) is 0 Å². The van der Waals surface area contributed by atoms with E-state index in [0.29, 0.717) is 17.7 Å². The highest BCUT2D eigenvalue weighted by Crippen LogP contribution is 2.20. The van der Waals surface area contributed by atoms with E-state index in [1.807, 2.05) is 31.2 Å². The van der Waals surface area contributed by atoms with E-state index in [2.05, 4.69) is 27.3 Å². The van der Waals surface area contributed by atoms with Crippen LogP contribution in [-0.2, 0) is 11.2 Å². The zero-order valence-electron chi connectivity index (χ0n) is 11.0. The lowest BCUT2D eigenvalue weighted by molar-refractivity contribution is -0.115. The lowest BCUT2D eigenvalue weighted by Gasteiger charge is -2.08. The lowest BCUT2D eigenvalue weighted by atomic mass is 10.1. The quantitative estimate of drug-likeness (QED) is 0.931. The molecule has 4 heteroatoms. The Kier molecular flexibility index (Phi) is 4.54. The molecule has 0 bridgehead atoms. The molecule has 0 fully saturated rings. The topological polar surface area (TPSA) is 52.9 Å². The summed E-state index contributed by atoms with van der Waals surface area (Å²) < 4.78 is 0.811. The predicted molar refractivity (Wildman–Crippen MR) is 82.4 cm³/mol. The fourth-order valence-electron chi connectivity index (χ4n) is 1.92. The molecule has 1 N–H and O–H groups in total. The van der Waals surface area contributed by atoms with Crippen LogP contribution < -0.4 is 5.32 Å². The highest BCUT2D eigenvalue weighted by atomic mass is 79.9. The number of hydrogen-bond acceptors (Lipinski definition) is 2. The van der Waals surface area contributed by atoms with Gasteiger partial charge in [-0.15, -0.1) is 0 Å². The molecule has 0 aliphatic rings. The van der Waals surface area contributed by atoms with E-state index in [4.69, 9.17) is 5.26 Å². The molecule has 0 atom stereocenters. The summed E-state index contributed by atoms with van der Waals surface area (Å²) in [6.07, 6.45) is 0.294. The fourth-order valence-corrected chi connectivity index (χ4v) is 2.28. The first-order valence-electron chi connectivity index (χ1n) is 6.13. The van der Waals surface area contributed by atoms with E-state index in [-0.39, 0.29) is 5.91 Å². The second-order valence-electron chi connectivity index (χ2n) is 4.52. The smallest absolute Gasteiger partial charge is 0.228 e. The number of nitrogens with one attached hydrogen (secondary N) is 1. The fraction of sp³-hybridized carbons (Fsp3) is 0.125. The summed E-state index contributed by atoms with van der Waals surface area (Å²) in [5.74, 6) is -0.130. The van der Waals surface area contributed by atoms with Crippen molar-refractivity contribution in [2.75, 3.05) is 5.32 Å². The van der Waals surface area contributed by atoms with Crippen LogP contribution in [-0.4, -0.2) is 5.91 Å². The normalized spacial score (nSPS) is 9.85. The van der Waals surface area contributed by atoms with E-state index in [1.54, 1.807) is 18.2 Å². The van der Waals surface area contributed by atoms with Gasteiger partial charge in [0.2, 0.25) is 5.91 Å². The van der Waals surface area contributed by atoms with Gasteiger partial charge < -0.3 is 5.32 Å². The van der Waals surface area contributed by atoms with Crippen molar-refractivity contribution < 1.29 is 4.79 Å². The van der Waals surface area contributed by atoms with Crippen LogP contribution >= 0.6 is 15.9 Å². The average molecular weight is 329 g/mol. The van der Waals surface area contributed by atoms with Crippen molar-refractivity contribution >= 4 is 27.5 Å². The maximum absolute atomic E-state index is 12.0. The summed E-state index contributed by atoms with van der Waals surface area (Å²) in [5, 5.41) is 11.8. The Hall–Kier alpha value is -2.12. The van der Waals surface area contributed by atoms with Gasteiger partial charge in [-0.1, -0.05) is 45.8 Å². The molecule has 0 aliphatic heterocycles. The van der Waals surface area contributed by atoms with Gasteiger partial charge in [0.1, 0.15) is 6.07 Å². The molecule has 3 nitrogen and oxygen atoms in total. The summed E-state index contributed by atoms with van der Waals surface area (Å²) >= 11 is 3.30. The Morgan fingerprint density at radius 2 is 2.10 bits per heavy atom. The van der Waals surface area contributed by atoms with E-state index < -0.39 is 0 Å². The Bertz CT molecular complexity index is 689. The van der Waals surface area contributed by atoms with Gasteiger partial charge in [0.25, 0.3) is 0 Å². The van der Waals surface area contributed by atoms with E-state index in [1.165, 1.54) is 0 Å². The van der Waals surface area contributed by atoms with Crippen molar-refractivity contribution in [3.63, 3.8) is 0 Å². The SMILES string of the molecule is Cc1cccc(CC(=O)Nc2ccc(Br)cc2C#N)c1. The molecule has 2 rings (SSSR count). The third-order valence-corrected chi connectivity index (χ3v) is 3.32. The van der Waals surface area contributed by atoms with Crippen LogP contribution in [0.4, 0.5) is 5.69 Å². The van der Waals surface area contributed by atoms with Gasteiger partial charge >= 0.3 is 0 Å². The Labute approximate surface area is 126 Å². The van der Waals surface area contributed by atoms with E-state index in [9.17, 15) is 4.79 Å². The number of amides is 1. The molecule has 1 amide bonds. The molecule has 0 saturated carbocycles. The number of carbonyl (C=O) groups excluding carboxylic acids is 1. The second kappa shape index (κ2) is 6.36. The van der Waals surface area contributed by atoms with Gasteiger partial charge in [-0.25, -0.2) is 0 Å². The Balaban J connectivity index is 2.11. The van der Waals surface area contributed by atoms with Crippen molar-refractivity contribution in [2.24, 2.45) is 0 Å². The summed E-state index contributed by atoms with van der Waals surface area (Å²) in [6.45, 7) is 1.99. The second-order valence-corrected chi connectivity index (χ2v) is 5.43. The van der Waals surface area contributed by atoms with E-state index >= 15 is 0 Å². The largest absolute Gasteiger partial charge is 0.325 e. The number of hydrogen-bond donors (Lipinski definition) is 1. The lowest BCUT2D eigenvalue weighted by Crippen LogP contribution is -2.15. The summed E-state index contributed by atoms with van der Waals surface area (Å²) in [6, 6.07) is 15.1. The van der Waals surface area contributed by atoms with Crippen molar-refractivity contribution in [3.8, 4) is 6.07 Å². The van der Waals surface area contributed by atoms with Crippen molar-refractivity contribution in [1.82, 2.24) is 0 Å². The van der Waals surface area contributed by atoms with Gasteiger partial charge in [-0.3, -0.25) is 4.79 Å². The van der Waals surface area contributed by atoms with Crippen LogP contribution in [0.25, 0.3) is 0 Å². The summed E-state index contributed by atoms with van der Waals surface area (Å²) in [4.78, 5) is 12.0. The number of aryl methyl sites for hydroxylation is 1. The van der Waals surface area contributed by atoms with Gasteiger partial charge in [0.15, 0.2) is 0 Å². The van der Waals surface area contributed by atoms with Crippen LogP contribution in [0, 0.1) is 18.3 Å². The maximum Gasteiger partial charge on any atom is 0.228 e. The average Bonchev–Trinajstić information content (AvgIpc) is 2.40. The molecule has 0 aromatic heterocycles. The number of rotatable bonds is 3. The minimum absolute atomic E-state index is 0.130. The Morgan fingerprint density at radius 1 is 1.30 bits per heavy atom. The number of anilines is 1. The number of benzene rings is 2. The van der Waals surface area contributed by atoms with E-state index in [0.717, 1.165) is 15.6 Å². The van der Waals surface area contributed by atoms with Gasteiger partial charge in [-0.2, -0.15) is 5.26 Å². The summed E-state index contributed by atoms with van der Waals surface area (Å²) in [5.41, 5.74) is 3.06. The van der Waals surface area contributed by atoms with Gasteiger partial charge in [-0.05, 0) is 30.7 Å². The first kappa shape index (κ1) is 14.3. The molecule has 2 aromatic rings. The number of carbonyl (C=O) groups is 1. The first-order chi connectivity index (χ1) is 9.58. The highest BCUT2D eigenvalue weighted by molar-refractivity contribution is 9.10. The third kappa shape index (κ3) is 3.69. The van der Waals surface area contributed by atoms with Gasteiger partial charge in [0.05, 0.1) is 17.7 Å². The Morgan fingerprint density at radius 3 is 2.80 bits per heavy atom. The molecule has 0 saturated heterocycles. The van der Waals surface area contributed by atoms with Crippen LogP contribution in [0.15, 0.2) is 46.9 Å². The molecule has 2 aromatic carbocycles. The van der Waals surface area contributed by atoms with Crippen LogP contribution in [0.5, 0.6) is 0 Å². The van der Waals surface area contributed by atoms with Gasteiger partial charge in [0, 0.05) is 4.47 Å². The molecular weight excluding hydrogens is 316 g/mol. The minimum Gasteiger partial charge on any atom is -0.325 e. The summed E-state index contributed by atoms with van der Waals surface area (Å²) in [7, 11) is 0. The molecule has 0 spiro atoms. The molecule has 0 heterocycles. The van der Waals surface area contributed by atoms with Crippen molar-refractivity contribution in [1.29, 1.82) is 5.26 Å². The maximum atomic E-state index is 12.0.